The van der Waals surface area contributed by atoms with Gasteiger partial charge < -0.3 is 15.0 Å². The minimum absolute atomic E-state index is 0.358. The SMILES string of the molecule is CN(C)[C@H]1C[C@H](c2c[nH]c3ccc(C(=O)O)cc32)C1. The van der Waals surface area contributed by atoms with Crippen LogP contribution < -0.4 is 0 Å². The molecular weight excluding hydrogens is 240 g/mol. The standard InChI is InChI=1S/C15H18N2O2/c1-17(2)11-5-10(6-11)13-8-16-14-4-3-9(15(18)19)7-12(13)14/h3-4,7-8,10-11,16H,5-6H2,1-2H3,(H,18,19)/t10-,11-. The maximum absolute atomic E-state index is 11.1. The zero-order valence-electron chi connectivity index (χ0n) is 11.2. The highest BCUT2D eigenvalue weighted by Gasteiger charge is 2.33. The summed E-state index contributed by atoms with van der Waals surface area (Å²) < 4.78 is 0. The third-order valence-corrected chi connectivity index (χ3v) is 4.24. The van der Waals surface area contributed by atoms with Gasteiger partial charge >= 0.3 is 5.97 Å². The second-order valence-electron chi connectivity index (χ2n) is 5.60. The van der Waals surface area contributed by atoms with Gasteiger partial charge in [0.05, 0.1) is 5.56 Å². The third kappa shape index (κ3) is 2.02. The Bertz CT molecular complexity index is 624. The number of nitrogens with zero attached hydrogens (tertiary/aromatic N) is 1. The Morgan fingerprint density at radius 2 is 2.11 bits per heavy atom. The summed E-state index contributed by atoms with van der Waals surface area (Å²) in [5.41, 5.74) is 2.64. The van der Waals surface area contributed by atoms with E-state index >= 15 is 0 Å². The van der Waals surface area contributed by atoms with Crippen LogP contribution in [0, 0.1) is 0 Å². The summed E-state index contributed by atoms with van der Waals surface area (Å²) >= 11 is 0. The average molecular weight is 258 g/mol. The number of H-pyrrole nitrogens is 1. The van der Waals surface area contributed by atoms with Crippen molar-refractivity contribution in [3.63, 3.8) is 0 Å². The monoisotopic (exact) mass is 258 g/mol. The first-order valence-corrected chi connectivity index (χ1v) is 6.57. The molecule has 2 aromatic rings. The van der Waals surface area contributed by atoms with Gasteiger partial charge in [0.2, 0.25) is 0 Å². The van der Waals surface area contributed by atoms with Crippen LogP contribution in [0.3, 0.4) is 0 Å². The van der Waals surface area contributed by atoms with E-state index in [1.165, 1.54) is 5.56 Å². The van der Waals surface area contributed by atoms with Gasteiger partial charge in [0.25, 0.3) is 0 Å². The second-order valence-corrected chi connectivity index (χ2v) is 5.60. The smallest absolute Gasteiger partial charge is 0.335 e. The topological polar surface area (TPSA) is 56.3 Å². The highest BCUT2D eigenvalue weighted by Crippen LogP contribution is 2.41. The highest BCUT2D eigenvalue weighted by molar-refractivity contribution is 5.94. The van der Waals surface area contributed by atoms with Crippen LogP contribution in [0.25, 0.3) is 10.9 Å². The number of hydrogen-bond donors (Lipinski definition) is 2. The van der Waals surface area contributed by atoms with Crippen molar-refractivity contribution in [1.82, 2.24) is 9.88 Å². The number of benzene rings is 1. The van der Waals surface area contributed by atoms with Gasteiger partial charge in [-0.25, -0.2) is 4.79 Å². The molecule has 0 saturated heterocycles. The summed E-state index contributed by atoms with van der Waals surface area (Å²) in [6, 6.07) is 5.93. The highest BCUT2D eigenvalue weighted by atomic mass is 16.4. The molecule has 19 heavy (non-hydrogen) atoms. The Kier molecular flexibility index (Phi) is 2.82. The van der Waals surface area contributed by atoms with Crippen LogP contribution in [0.4, 0.5) is 0 Å². The van der Waals surface area contributed by atoms with Crippen LogP contribution in [0.2, 0.25) is 0 Å². The van der Waals surface area contributed by atoms with E-state index < -0.39 is 5.97 Å². The maximum Gasteiger partial charge on any atom is 0.335 e. The molecule has 1 aromatic carbocycles. The number of carboxylic acids is 1. The van der Waals surface area contributed by atoms with Crippen LogP contribution in [-0.2, 0) is 0 Å². The quantitative estimate of drug-likeness (QED) is 0.890. The van der Waals surface area contributed by atoms with Crippen molar-refractivity contribution in [2.45, 2.75) is 24.8 Å². The molecule has 0 amide bonds. The largest absolute Gasteiger partial charge is 0.478 e. The summed E-state index contributed by atoms with van der Waals surface area (Å²) in [4.78, 5) is 16.6. The molecule has 0 unspecified atom stereocenters. The van der Waals surface area contributed by atoms with E-state index in [0.29, 0.717) is 17.5 Å². The van der Waals surface area contributed by atoms with Crippen molar-refractivity contribution in [1.29, 1.82) is 0 Å². The molecule has 1 heterocycles. The fourth-order valence-corrected chi connectivity index (χ4v) is 2.88. The number of fused-ring (bicyclic) bond motifs is 1. The molecule has 1 aliphatic carbocycles. The molecule has 4 nitrogen and oxygen atoms in total. The maximum atomic E-state index is 11.1. The average Bonchev–Trinajstić information content (AvgIpc) is 2.70. The molecule has 3 rings (SSSR count). The third-order valence-electron chi connectivity index (χ3n) is 4.24. The molecular formula is C15H18N2O2. The molecule has 1 aromatic heterocycles. The van der Waals surface area contributed by atoms with E-state index in [1.807, 2.05) is 12.3 Å². The normalized spacial score (nSPS) is 22.7. The molecule has 4 heteroatoms. The van der Waals surface area contributed by atoms with E-state index in [4.69, 9.17) is 5.11 Å². The van der Waals surface area contributed by atoms with Crippen molar-refractivity contribution >= 4 is 16.9 Å². The predicted octanol–water partition coefficient (Wildman–Crippen LogP) is 2.67. The summed E-state index contributed by atoms with van der Waals surface area (Å²) in [6.45, 7) is 0. The summed E-state index contributed by atoms with van der Waals surface area (Å²) in [5, 5.41) is 10.1. The van der Waals surface area contributed by atoms with Crippen molar-refractivity contribution in [2.24, 2.45) is 0 Å². The minimum Gasteiger partial charge on any atom is -0.478 e. The Labute approximate surface area is 112 Å². The van der Waals surface area contributed by atoms with Crippen molar-refractivity contribution in [2.75, 3.05) is 14.1 Å². The zero-order valence-corrected chi connectivity index (χ0v) is 11.2. The number of hydrogen-bond acceptors (Lipinski definition) is 2. The summed E-state index contributed by atoms with van der Waals surface area (Å²) in [5.74, 6) is -0.320. The lowest BCUT2D eigenvalue weighted by Gasteiger charge is -2.39. The van der Waals surface area contributed by atoms with Crippen molar-refractivity contribution in [3.8, 4) is 0 Å². The summed E-state index contributed by atoms with van der Waals surface area (Å²) in [7, 11) is 4.22. The van der Waals surface area contributed by atoms with Gasteiger partial charge in [0, 0.05) is 23.1 Å². The molecule has 0 aliphatic heterocycles. The number of carbonyl (C=O) groups is 1. The predicted molar refractivity (Wildman–Crippen MR) is 74.7 cm³/mol. The van der Waals surface area contributed by atoms with Gasteiger partial charge in [-0.15, -0.1) is 0 Å². The molecule has 1 aliphatic rings. The number of rotatable bonds is 3. The van der Waals surface area contributed by atoms with E-state index in [1.54, 1.807) is 12.1 Å². The van der Waals surface area contributed by atoms with Crippen molar-refractivity contribution in [3.05, 3.63) is 35.5 Å². The molecule has 1 saturated carbocycles. The van der Waals surface area contributed by atoms with E-state index in [9.17, 15) is 4.79 Å². The summed E-state index contributed by atoms with van der Waals surface area (Å²) in [6.07, 6.45) is 4.33. The Morgan fingerprint density at radius 1 is 1.37 bits per heavy atom. The van der Waals surface area contributed by atoms with E-state index in [2.05, 4.69) is 24.0 Å². The van der Waals surface area contributed by atoms with E-state index in [-0.39, 0.29) is 0 Å². The molecule has 1 fully saturated rings. The lowest BCUT2D eigenvalue weighted by atomic mass is 9.75. The first-order chi connectivity index (χ1) is 9.06. The molecule has 0 atom stereocenters. The van der Waals surface area contributed by atoms with Crippen LogP contribution in [0.15, 0.2) is 24.4 Å². The zero-order chi connectivity index (χ0) is 13.6. The Hall–Kier alpha value is -1.81. The number of aromatic amines is 1. The number of aromatic carboxylic acids is 1. The number of aromatic nitrogens is 1. The molecule has 0 spiro atoms. The van der Waals surface area contributed by atoms with Crippen LogP contribution in [0.5, 0.6) is 0 Å². The van der Waals surface area contributed by atoms with Crippen LogP contribution in [-0.4, -0.2) is 41.1 Å². The molecule has 2 N–H and O–H groups in total. The minimum atomic E-state index is -0.867. The number of nitrogens with one attached hydrogen (secondary N) is 1. The molecule has 0 bridgehead atoms. The van der Waals surface area contributed by atoms with Gasteiger partial charge in [-0.2, -0.15) is 0 Å². The number of carboxylic acid groups (broad SMARTS) is 1. The second kappa shape index (κ2) is 4.38. The van der Waals surface area contributed by atoms with Crippen LogP contribution in [0.1, 0.15) is 34.7 Å². The van der Waals surface area contributed by atoms with Gasteiger partial charge in [-0.1, -0.05) is 0 Å². The van der Waals surface area contributed by atoms with Crippen LogP contribution >= 0.6 is 0 Å². The lowest BCUT2D eigenvalue weighted by molar-refractivity contribution is 0.0697. The van der Waals surface area contributed by atoms with Gasteiger partial charge in [0.1, 0.15) is 0 Å². The van der Waals surface area contributed by atoms with Gasteiger partial charge in [-0.3, -0.25) is 0 Å². The first-order valence-electron chi connectivity index (χ1n) is 6.57. The Morgan fingerprint density at radius 3 is 2.74 bits per heavy atom. The molecule has 100 valence electrons. The molecule has 0 radical (unpaired) electrons. The fraction of sp³-hybridized carbons (Fsp3) is 0.400. The van der Waals surface area contributed by atoms with Crippen molar-refractivity contribution < 1.29 is 9.90 Å². The van der Waals surface area contributed by atoms with Gasteiger partial charge in [-0.05, 0) is 56.6 Å². The fourth-order valence-electron chi connectivity index (χ4n) is 2.88. The lowest BCUT2D eigenvalue weighted by Crippen LogP contribution is -2.39. The Balaban J connectivity index is 1.92. The van der Waals surface area contributed by atoms with E-state index in [0.717, 1.165) is 23.7 Å². The first kappa shape index (κ1) is 12.2. The van der Waals surface area contributed by atoms with Gasteiger partial charge in [0.15, 0.2) is 0 Å².